The Hall–Kier alpha value is -1.79. The molecule has 1 aliphatic heterocycles. The first-order chi connectivity index (χ1) is 12.3. The summed E-state index contributed by atoms with van der Waals surface area (Å²) in [4.78, 5) is 9.12. The zero-order chi connectivity index (χ0) is 17.7. The van der Waals surface area contributed by atoms with E-state index in [-0.39, 0.29) is 0 Å². The van der Waals surface area contributed by atoms with Crippen molar-refractivity contribution in [3.8, 4) is 0 Å². The standard InChI is InChI=1S/C19H33N5O/c1-3-24(18-8-5-4-6-9-18)12-7-10-21-19(20-2)22-11-13-23-14-16-25-17-15-23/h4-6,8-9H,3,7,10-17H2,1-2H3,(H2,20,21,22). The lowest BCUT2D eigenvalue weighted by molar-refractivity contribution is 0.0389. The van der Waals surface area contributed by atoms with Crippen LogP contribution < -0.4 is 15.5 Å². The maximum atomic E-state index is 5.37. The first-order valence-corrected chi connectivity index (χ1v) is 9.38. The lowest BCUT2D eigenvalue weighted by Crippen LogP contribution is -2.44. The second kappa shape index (κ2) is 11.7. The van der Waals surface area contributed by atoms with E-state index in [1.165, 1.54) is 5.69 Å². The Morgan fingerprint density at radius 3 is 2.56 bits per heavy atom. The molecule has 2 N–H and O–H groups in total. The van der Waals surface area contributed by atoms with E-state index in [1.807, 2.05) is 7.05 Å². The highest BCUT2D eigenvalue weighted by Crippen LogP contribution is 2.12. The lowest BCUT2D eigenvalue weighted by atomic mass is 10.2. The molecule has 1 aromatic rings. The third-order valence-corrected chi connectivity index (χ3v) is 4.45. The molecule has 0 unspecified atom stereocenters. The van der Waals surface area contributed by atoms with Crippen molar-refractivity contribution in [2.75, 3.05) is 71.0 Å². The molecular weight excluding hydrogens is 314 g/mol. The summed E-state index contributed by atoms with van der Waals surface area (Å²) in [5.74, 6) is 0.885. The largest absolute Gasteiger partial charge is 0.379 e. The summed E-state index contributed by atoms with van der Waals surface area (Å²) in [5.41, 5.74) is 1.29. The summed E-state index contributed by atoms with van der Waals surface area (Å²) in [6, 6.07) is 10.6. The lowest BCUT2D eigenvalue weighted by Gasteiger charge is -2.26. The fourth-order valence-corrected chi connectivity index (χ4v) is 2.96. The van der Waals surface area contributed by atoms with Crippen LogP contribution in [0.4, 0.5) is 5.69 Å². The number of rotatable bonds is 9. The number of nitrogens with one attached hydrogen (secondary N) is 2. The van der Waals surface area contributed by atoms with Crippen molar-refractivity contribution in [2.45, 2.75) is 13.3 Å². The molecule has 0 aliphatic carbocycles. The fourth-order valence-electron chi connectivity index (χ4n) is 2.96. The minimum absolute atomic E-state index is 0.850. The Morgan fingerprint density at radius 1 is 1.16 bits per heavy atom. The van der Waals surface area contributed by atoms with Crippen molar-refractivity contribution in [1.29, 1.82) is 0 Å². The van der Waals surface area contributed by atoms with Crippen LogP contribution in [-0.2, 0) is 4.74 Å². The summed E-state index contributed by atoms with van der Waals surface area (Å²) in [6.45, 7) is 10.9. The Labute approximate surface area is 152 Å². The molecule has 0 atom stereocenters. The summed E-state index contributed by atoms with van der Waals surface area (Å²) in [5, 5.41) is 6.80. The number of aliphatic imine (C=N–C) groups is 1. The molecule has 0 spiro atoms. The average molecular weight is 348 g/mol. The Morgan fingerprint density at radius 2 is 1.88 bits per heavy atom. The van der Waals surface area contributed by atoms with Gasteiger partial charge in [0.05, 0.1) is 13.2 Å². The first kappa shape index (κ1) is 19.5. The highest BCUT2D eigenvalue weighted by molar-refractivity contribution is 5.79. The van der Waals surface area contributed by atoms with Crippen LogP contribution in [0.5, 0.6) is 0 Å². The smallest absolute Gasteiger partial charge is 0.191 e. The number of guanidine groups is 1. The van der Waals surface area contributed by atoms with E-state index in [1.54, 1.807) is 0 Å². The van der Waals surface area contributed by atoms with Crippen LogP contribution in [0.3, 0.4) is 0 Å². The Bertz CT molecular complexity index is 488. The van der Waals surface area contributed by atoms with Gasteiger partial charge in [0.25, 0.3) is 0 Å². The van der Waals surface area contributed by atoms with Crippen molar-refractivity contribution in [3.63, 3.8) is 0 Å². The summed E-state index contributed by atoms with van der Waals surface area (Å²) in [6.07, 6.45) is 1.08. The number of para-hydroxylation sites is 1. The Kier molecular flexibility index (Phi) is 9.15. The van der Waals surface area contributed by atoms with Gasteiger partial charge in [0.2, 0.25) is 0 Å². The van der Waals surface area contributed by atoms with Crippen LogP contribution in [0, 0.1) is 0 Å². The van der Waals surface area contributed by atoms with Gasteiger partial charge in [-0.2, -0.15) is 0 Å². The summed E-state index contributed by atoms with van der Waals surface area (Å²) in [7, 11) is 1.83. The molecule has 25 heavy (non-hydrogen) atoms. The van der Waals surface area contributed by atoms with E-state index >= 15 is 0 Å². The number of hydrogen-bond donors (Lipinski definition) is 2. The molecule has 1 aliphatic rings. The molecule has 0 amide bonds. The molecule has 0 saturated carbocycles. The van der Waals surface area contributed by atoms with Gasteiger partial charge < -0.3 is 20.3 Å². The highest BCUT2D eigenvalue weighted by Gasteiger charge is 2.09. The van der Waals surface area contributed by atoms with E-state index in [2.05, 4.69) is 62.7 Å². The maximum absolute atomic E-state index is 5.37. The predicted molar refractivity (Wildman–Crippen MR) is 106 cm³/mol. The van der Waals surface area contributed by atoms with Crippen LogP contribution in [-0.4, -0.2) is 76.9 Å². The molecule has 6 heteroatoms. The van der Waals surface area contributed by atoms with Crippen molar-refractivity contribution < 1.29 is 4.74 Å². The van der Waals surface area contributed by atoms with Crippen LogP contribution in [0.2, 0.25) is 0 Å². The molecule has 1 fully saturated rings. The molecule has 1 heterocycles. The van der Waals surface area contributed by atoms with Crippen molar-refractivity contribution in [3.05, 3.63) is 30.3 Å². The van der Waals surface area contributed by atoms with Crippen LogP contribution in [0.25, 0.3) is 0 Å². The first-order valence-electron chi connectivity index (χ1n) is 9.38. The monoisotopic (exact) mass is 347 g/mol. The van der Waals surface area contributed by atoms with Gasteiger partial charge in [-0.25, -0.2) is 0 Å². The zero-order valence-electron chi connectivity index (χ0n) is 15.7. The normalized spacial score (nSPS) is 15.8. The average Bonchev–Trinajstić information content (AvgIpc) is 2.68. The van der Waals surface area contributed by atoms with E-state index in [0.29, 0.717) is 0 Å². The van der Waals surface area contributed by atoms with E-state index < -0.39 is 0 Å². The van der Waals surface area contributed by atoms with Crippen molar-refractivity contribution >= 4 is 11.6 Å². The zero-order valence-corrected chi connectivity index (χ0v) is 15.7. The van der Waals surface area contributed by atoms with Gasteiger partial charge in [0.15, 0.2) is 5.96 Å². The van der Waals surface area contributed by atoms with Gasteiger partial charge in [0.1, 0.15) is 0 Å². The number of morpholine rings is 1. The molecule has 1 aromatic carbocycles. The molecule has 1 saturated heterocycles. The van der Waals surface area contributed by atoms with Crippen molar-refractivity contribution in [2.24, 2.45) is 4.99 Å². The van der Waals surface area contributed by atoms with Crippen LogP contribution in [0.15, 0.2) is 35.3 Å². The van der Waals surface area contributed by atoms with Gasteiger partial charge in [0, 0.05) is 58.5 Å². The predicted octanol–water partition coefficient (Wildman–Crippen LogP) is 1.40. The summed E-state index contributed by atoms with van der Waals surface area (Å²) < 4.78 is 5.37. The molecule has 0 bridgehead atoms. The highest BCUT2D eigenvalue weighted by atomic mass is 16.5. The van der Waals surface area contributed by atoms with Crippen molar-refractivity contribution in [1.82, 2.24) is 15.5 Å². The molecule has 0 radical (unpaired) electrons. The topological polar surface area (TPSA) is 52.1 Å². The van der Waals surface area contributed by atoms with Gasteiger partial charge in [-0.05, 0) is 25.5 Å². The third kappa shape index (κ3) is 7.32. The number of nitrogens with zero attached hydrogens (tertiary/aromatic N) is 3. The minimum Gasteiger partial charge on any atom is -0.379 e. The summed E-state index contributed by atoms with van der Waals surface area (Å²) >= 11 is 0. The van der Waals surface area contributed by atoms with Gasteiger partial charge in [-0.15, -0.1) is 0 Å². The maximum Gasteiger partial charge on any atom is 0.191 e. The van der Waals surface area contributed by atoms with E-state index in [4.69, 9.17) is 4.74 Å². The molecular formula is C19H33N5O. The number of anilines is 1. The number of hydrogen-bond acceptors (Lipinski definition) is 4. The third-order valence-electron chi connectivity index (χ3n) is 4.45. The van der Waals surface area contributed by atoms with Crippen LogP contribution in [0.1, 0.15) is 13.3 Å². The quantitative estimate of drug-likeness (QED) is 0.402. The minimum atomic E-state index is 0.850. The molecule has 6 nitrogen and oxygen atoms in total. The fraction of sp³-hybridized carbons (Fsp3) is 0.632. The van der Waals surface area contributed by atoms with E-state index in [0.717, 1.165) is 71.4 Å². The Balaban J connectivity index is 1.60. The molecule has 140 valence electrons. The van der Waals surface area contributed by atoms with Gasteiger partial charge in [-0.1, -0.05) is 18.2 Å². The van der Waals surface area contributed by atoms with E-state index in [9.17, 15) is 0 Å². The SMILES string of the molecule is CCN(CCCNC(=NC)NCCN1CCOCC1)c1ccccc1. The second-order valence-corrected chi connectivity index (χ2v) is 6.15. The van der Waals surface area contributed by atoms with Gasteiger partial charge in [-0.3, -0.25) is 9.89 Å². The van der Waals surface area contributed by atoms with Gasteiger partial charge >= 0.3 is 0 Å². The number of ether oxygens (including phenoxy) is 1. The molecule has 2 rings (SSSR count). The second-order valence-electron chi connectivity index (χ2n) is 6.15. The number of benzene rings is 1. The van der Waals surface area contributed by atoms with Crippen LogP contribution >= 0.6 is 0 Å². The molecule has 0 aromatic heterocycles.